The zero-order chi connectivity index (χ0) is 87.3. The maximum atomic E-state index is 12.6. The summed E-state index contributed by atoms with van der Waals surface area (Å²) in [7, 11) is -20.6. The number of phosphoric acid groups is 4. The van der Waals surface area contributed by atoms with Gasteiger partial charge in [0.15, 0.2) is 12.5 Å². The van der Waals surface area contributed by atoms with Crippen LogP contribution in [0.2, 0.25) is 0 Å². The first-order chi connectivity index (χ1) is 54.5. The van der Waals surface area contributed by atoms with Gasteiger partial charge in [-0.15, -0.1) is 0 Å². The van der Waals surface area contributed by atoms with E-state index >= 15 is 0 Å². The minimum atomic E-state index is -5.24. The number of nitrogens with one attached hydrogen (secondary N) is 4. The number of aryl methyl sites for hydroxylation is 2. The smallest absolute Gasteiger partial charge is 0.470 e. The van der Waals surface area contributed by atoms with Gasteiger partial charge in [0.25, 0.3) is 0 Å². The van der Waals surface area contributed by atoms with Gasteiger partial charge >= 0.3 is 42.7 Å². The Balaban J connectivity index is 0.000000417. The number of phosphoric ester groups is 4. The molecule has 6 heterocycles. The Hall–Kier alpha value is -4.96. The molecule has 674 valence electrons. The van der Waals surface area contributed by atoms with Crippen molar-refractivity contribution in [1.82, 2.24) is 50.5 Å². The lowest BCUT2D eigenvalue weighted by Gasteiger charge is -2.59. The predicted octanol–water partition coefficient (Wildman–Crippen LogP) is -2.27. The molecule has 117 heavy (non-hydrogen) atoms. The zero-order valence-electron chi connectivity index (χ0n) is 66.6. The van der Waals surface area contributed by atoms with Gasteiger partial charge in [-0.1, -0.05) is 0 Å². The molecule has 3 unspecified atom stereocenters. The number of rotatable bonds is 52. The summed E-state index contributed by atoms with van der Waals surface area (Å²) < 4.78 is 119. The van der Waals surface area contributed by atoms with Gasteiger partial charge in [-0.3, -0.25) is 46.4 Å². The molecule has 18 N–H and O–H groups in total. The lowest BCUT2D eigenvalue weighted by molar-refractivity contribution is -0.131. The van der Waals surface area contributed by atoms with Gasteiger partial charge in [-0.25, -0.2) is 27.8 Å². The van der Waals surface area contributed by atoms with Crippen LogP contribution in [0.15, 0.2) is 22.0 Å². The first kappa shape index (κ1) is 103. The number of carbonyl (C=O) groups is 4. The lowest BCUT2D eigenvalue weighted by atomic mass is 9.75. The largest absolute Gasteiger partial charge is 0.784 e. The minimum absolute atomic E-state index is 0.0720. The first-order valence-corrected chi connectivity index (χ1v) is 43.6. The van der Waals surface area contributed by atoms with Crippen molar-refractivity contribution in [3.05, 3.63) is 54.9 Å². The average Bonchev–Trinajstić information content (AvgIpc) is 1.45. The Kier molecular flexibility index (Phi) is 41.8. The number of carbonyl (C=O) groups excluding carboxylic acids is 4. The third-order valence-electron chi connectivity index (χ3n) is 18.7. The number of ether oxygens (including phenoxy) is 10. The van der Waals surface area contributed by atoms with Crippen molar-refractivity contribution >= 4 is 66.6 Å². The Labute approximate surface area is 674 Å². The van der Waals surface area contributed by atoms with Crippen LogP contribution in [-0.2, 0) is 116 Å². The normalized spacial score (nSPS) is 22.9. The Bertz CT molecular complexity index is 3750. The van der Waals surface area contributed by atoms with Crippen molar-refractivity contribution in [2.45, 2.75) is 184 Å². The highest BCUT2D eigenvalue weighted by Crippen LogP contribution is 2.48. The van der Waals surface area contributed by atoms with Crippen molar-refractivity contribution in [3.63, 3.8) is 0 Å². The lowest BCUT2D eigenvalue weighted by Crippen LogP contribution is -2.59. The molecule has 4 aliphatic rings. The summed E-state index contributed by atoms with van der Waals surface area (Å²) in [4.78, 5) is 155. The van der Waals surface area contributed by atoms with E-state index in [1.54, 1.807) is 13.8 Å². The van der Waals surface area contributed by atoms with Gasteiger partial charge < -0.3 is 150 Å². The van der Waals surface area contributed by atoms with Gasteiger partial charge in [0.2, 0.25) is 23.6 Å². The molecule has 0 saturated carbocycles. The van der Waals surface area contributed by atoms with Gasteiger partial charge in [0.1, 0.15) is 48.3 Å². The standard InChI is InChI=1S/C33H59N6O18P2.C32H57N6O18P2/c1-32(2)18-23(19-33(3,4)39(32)44)29(42)36-9-11-52-13-15-54-17-16-53-14-12-51-10-7-25(40)35-8-5-6-22-20-38(31(43)37-28(22)34)30-26(41)27(57-59(48,49)50)24(56-30)21-55-58(45,46)47;1-31(2)18-22(32(3,4)38(31)43)28(41)35-9-11-51-13-15-53-17-16-52-14-12-50-10-7-24(39)34-8-5-6-21-19-37(30(42)36-27(21)33)29-25(40)26(56-58(47,48)49)23(55-29)20-54-57(44,45)46/h20,23-24,26-27,30,41H,5-19,21H2,1-4H3,(H,35,40)(H,36,42)(H2,34,37,43)(H2,45,46,47)(H2,48,49,50);19,22-23,25-26,29,40H,5-18,20H2,1-4H3,(H,34,39)(H,35,41)(H2,33,36,42)(H2,44,45,46)(H2,47,48,49)/q2*-1/t24-,26+,27?,30-;22?,23-,25+,26?,29-/m11/s1. The second-order valence-electron chi connectivity index (χ2n) is 29.9. The summed E-state index contributed by atoms with van der Waals surface area (Å²) in [6, 6.07) is 0. The van der Waals surface area contributed by atoms with Crippen molar-refractivity contribution in [1.29, 1.82) is 0 Å². The molecule has 52 heteroatoms. The third-order valence-corrected chi connectivity index (χ3v) is 20.7. The van der Waals surface area contributed by atoms with Crippen LogP contribution in [0.5, 0.6) is 0 Å². The highest BCUT2D eigenvalue weighted by atomic mass is 31.2. The second kappa shape index (κ2) is 47.6. The SMILES string of the molecule is CC1(C)CC(C(=O)NCCOCCOCCOCCOCCC(=O)NCCCc2cn([C@@H]3O[C@H](COP(=O)(O)O)C(OP(=O)(O)O)[C@@H]3O)c(=O)nc2N)C(C)(C)N1[O-].CC1(C)CC(C(=O)NCCOCCOCCOCCOCCC(=O)NCCCc2cn([C@@H]3O[C@H](COP(=O)(O)O)C(OP(=O)(O)O)[C@@H]3O)c(=O)nc2N)CC(C)(C)N1[O-]. The number of nitrogens with two attached hydrogens (primary N) is 2. The van der Waals surface area contributed by atoms with Crippen molar-refractivity contribution in [2.75, 3.05) is 157 Å². The summed E-state index contributed by atoms with van der Waals surface area (Å²) in [5.74, 6) is -1.73. The molecule has 4 aliphatic heterocycles. The Morgan fingerprint density at radius 2 is 0.803 bits per heavy atom. The summed E-state index contributed by atoms with van der Waals surface area (Å²) >= 11 is 0. The molecule has 4 amide bonds. The molecule has 4 fully saturated rings. The van der Waals surface area contributed by atoms with E-state index in [-0.39, 0.29) is 106 Å². The first-order valence-electron chi connectivity index (χ1n) is 37.5. The molecule has 0 radical (unpaired) electrons. The monoisotopic (exact) mass is 1760 g/mol. The molecule has 6 rings (SSSR count). The third kappa shape index (κ3) is 35.8. The quantitative estimate of drug-likeness (QED) is 0.0245. The molecule has 9 atom stereocenters. The van der Waals surface area contributed by atoms with Crippen molar-refractivity contribution in [3.8, 4) is 0 Å². The number of hydrogen-bond donors (Lipinski definition) is 16. The van der Waals surface area contributed by atoms with E-state index in [9.17, 15) is 87.2 Å². The van der Waals surface area contributed by atoms with Gasteiger partial charge in [0, 0.05) is 90.6 Å². The molecule has 0 spiro atoms. The van der Waals surface area contributed by atoms with E-state index in [1.165, 1.54) is 12.4 Å². The fraction of sp³-hybridized carbons (Fsp3) is 0.815. The maximum absolute atomic E-state index is 12.6. The highest BCUT2D eigenvalue weighted by Gasteiger charge is 2.53. The number of hydrogen-bond acceptors (Lipinski definition) is 34. The molecular weight excluding hydrogens is 1650 g/mol. The summed E-state index contributed by atoms with van der Waals surface area (Å²) in [5.41, 5.74) is 7.80. The molecule has 2 aromatic rings. The van der Waals surface area contributed by atoms with E-state index in [0.29, 0.717) is 136 Å². The number of nitrogens with zero attached hydrogens (tertiary/aromatic N) is 6. The van der Waals surface area contributed by atoms with Crippen LogP contribution in [0.3, 0.4) is 0 Å². The van der Waals surface area contributed by atoms with Crippen LogP contribution < -0.4 is 44.1 Å². The number of aliphatic hydroxyl groups is 2. The van der Waals surface area contributed by atoms with Crippen molar-refractivity contribution in [2.24, 2.45) is 11.8 Å². The van der Waals surface area contributed by atoms with E-state index in [0.717, 1.165) is 19.3 Å². The molecule has 2 aromatic heterocycles. The van der Waals surface area contributed by atoms with Crippen molar-refractivity contribution < 1.29 is 152 Å². The number of amides is 4. The second-order valence-corrected chi connectivity index (χ2v) is 34.8. The molecule has 48 nitrogen and oxygen atoms in total. The fourth-order valence-electron chi connectivity index (χ4n) is 13.3. The van der Waals surface area contributed by atoms with E-state index in [2.05, 4.69) is 49.3 Å². The van der Waals surface area contributed by atoms with Crippen LogP contribution >= 0.6 is 31.3 Å². The number of hydroxylamine groups is 4. The molecule has 0 aromatic carbocycles. The predicted molar refractivity (Wildman–Crippen MR) is 408 cm³/mol. The fourth-order valence-corrected chi connectivity index (χ4v) is 15.1. The summed E-state index contributed by atoms with van der Waals surface area (Å²) in [5, 5.41) is 59.7. The summed E-state index contributed by atoms with van der Waals surface area (Å²) in [6.45, 7) is 18.7. The Morgan fingerprint density at radius 1 is 0.479 bits per heavy atom. The number of aromatic nitrogens is 4. The molecular formula is C65H116N12O36P4-2. The molecule has 4 saturated heterocycles. The van der Waals surface area contributed by atoms with Gasteiger partial charge in [-0.2, -0.15) is 9.97 Å². The van der Waals surface area contributed by atoms with Gasteiger partial charge in [0.05, 0.1) is 125 Å². The molecule has 0 bridgehead atoms. The summed E-state index contributed by atoms with van der Waals surface area (Å²) in [6.07, 6.45) is -8.94. The topological polar surface area (TPSA) is 691 Å². The number of piperidine rings is 1. The number of nitrogen functional groups attached to an aromatic ring is 2. The average molecular weight is 1770 g/mol. The zero-order valence-corrected chi connectivity index (χ0v) is 70.1. The number of anilines is 2. The van der Waals surface area contributed by atoms with Crippen LogP contribution in [0, 0.1) is 22.3 Å². The van der Waals surface area contributed by atoms with Crippen LogP contribution in [0.25, 0.3) is 0 Å². The highest BCUT2D eigenvalue weighted by molar-refractivity contribution is 7.47. The van der Waals surface area contributed by atoms with Crippen LogP contribution in [0.4, 0.5) is 11.6 Å². The van der Waals surface area contributed by atoms with E-state index in [1.807, 2.05) is 41.5 Å². The van der Waals surface area contributed by atoms with Crippen LogP contribution in [-0.4, -0.2) is 306 Å². The number of aliphatic hydroxyl groups excluding tert-OH is 2. The van der Waals surface area contributed by atoms with Crippen LogP contribution in [0.1, 0.15) is 124 Å². The Morgan fingerprint density at radius 3 is 1.13 bits per heavy atom. The minimum Gasteiger partial charge on any atom is -0.784 e. The maximum Gasteiger partial charge on any atom is 0.470 e. The van der Waals surface area contributed by atoms with E-state index in [4.69, 9.17) is 78.4 Å². The van der Waals surface area contributed by atoms with E-state index < -0.39 is 133 Å². The van der Waals surface area contributed by atoms with Gasteiger partial charge in [-0.05, 0) is 100 Å². The molecule has 0 aliphatic carbocycles.